The van der Waals surface area contributed by atoms with Crippen molar-refractivity contribution in [3.05, 3.63) is 47.8 Å². The lowest BCUT2D eigenvalue weighted by Gasteiger charge is -2.13. The molecular formula is C17H20N4O2. The Hall–Kier alpha value is -2.76. The molecular weight excluding hydrogens is 292 g/mol. The van der Waals surface area contributed by atoms with Gasteiger partial charge in [0.1, 0.15) is 17.3 Å². The second kappa shape index (κ2) is 6.56. The van der Waals surface area contributed by atoms with Gasteiger partial charge in [0.05, 0.1) is 20.4 Å². The lowest BCUT2D eigenvalue weighted by molar-refractivity contribution is 0.391. The molecule has 0 amide bonds. The number of anilines is 1. The minimum atomic E-state index is 0.620. The fraction of sp³-hybridized carbons (Fsp3) is 0.294. The van der Waals surface area contributed by atoms with Gasteiger partial charge in [-0.3, -0.25) is 0 Å². The highest BCUT2D eigenvalue weighted by Crippen LogP contribution is 2.25. The van der Waals surface area contributed by atoms with Gasteiger partial charge in [-0.05, 0) is 18.6 Å². The monoisotopic (exact) mass is 312 g/mol. The maximum atomic E-state index is 5.44. The number of nitrogens with zero attached hydrogens (tertiary/aromatic N) is 3. The molecule has 6 heteroatoms. The molecule has 0 bridgehead atoms. The zero-order valence-electron chi connectivity index (χ0n) is 13.5. The molecule has 0 aliphatic heterocycles. The molecule has 0 spiro atoms. The topological polar surface area (TPSA) is 60.7 Å². The van der Waals surface area contributed by atoms with Crippen LogP contribution < -0.4 is 14.8 Å². The summed E-state index contributed by atoms with van der Waals surface area (Å²) in [6, 6.07) is 9.72. The first-order chi connectivity index (χ1) is 11.2. The van der Waals surface area contributed by atoms with Crippen molar-refractivity contribution >= 4 is 11.5 Å². The highest BCUT2D eigenvalue weighted by molar-refractivity contribution is 5.50. The molecule has 1 N–H and O–H groups in total. The smallest absolute Gasteiger partial charge is 0.157 e. The number of aromatic nitrogens is 3. The quantitative estimate of drug-likeness (QED) is 0.758. The summed E-state index contributed by atoms with van der Waals surface area (Å²) in [6.07, 6.45) is 2.63. The molecule has 2 aromatic heterocycles. The number of benzene rings is 1. The van der Waals surface area contributed by atoms with Gasteiger partial charge in [0.2, 0.25) is 0 Å². The summed E-state index contributed by atoms with van der Waals surface area (Å²) in [5, 5.41) is 7.73. The Kier molecular flexibility index (Phi) is 4.32. The van der Waals surface area contributed by atoms with E-state index in [9.17, 15) is 0 Å². The van der Waals surface area contributed by atoms with Gasteiger partial charge in [0.25, 0.3) is 0 Å². The van der Waals surface area contributed by atoms with E-state index in [0.29, 0.717) is 6.54 Å². The van der Waals surface area contributed by atoms with Crippen molar-refractivity contribution in [3.8, 4) is 11.5 Å². The van der Waals surface area contributed by atoms with Crippen LogP contribution in [0.4, 0.5) is 5.82 Å². The van der Waals surface area contributed by atoms with Crippen LogP contribution >= 0.6 is 0 Å². The van der Waals surface area contributed by atoms with E-state index < -0.39 is 0 Å². The number of hydrogen-bond acceptors (Lipinski definition) is 5. The molecule has 3 aromatic rings. The second-order valence-electron chi connectivity index (χ2n) is 5.12. The number of ether oxygens (including phenoxy) is 2. The maximum Gasteiger partial charge on any atom is 0.157 e. The minimum absolute atomic E-state index is 0.620. The van der Waals surface area contributed by atoms with Gasteiger partial charge in [-0.2, -0.15) is 9.61 Å². The van der Waals surface area contributed by atoms with E-state index in [1.807, 2.05) is 30.3 Å². The Morgan fingerprint density at radius 3 is 2.74 bits per heavy atom. The second-order valence-corrected chi connectivity index (χ2v) is 5.12. The molecule has 0 radical (unpaired) electrons. The van der Waals surface area contributed by atoms with Gasteiger partial charge >= 0.3 is 0 Å². The van der Waals surface area contributed by atoms with Gasteiger partial charge < -0.3 is 14.8 Å². The molecule has 0 unspecified atom stereocenters. The fourth-order valence-corrected chi connectivity index (χ4v) is 2.46. The summed E-state index contributed by atoms with van der Waals surface area (Å²) < 4.78 is 12.5. The Morgan fingerprint density at radius 1 is 1.13 bits per heavy atom. The first-order valence-corrected chi connectivity index (χ1v) is 7.53. The molecule has 2 heterocycles. The van der Waals surface area contributed by atoms with E-state index in [2.05, 4.69) is 22.3 Å². The van der Waals surface area contributed by atoms with Crippen LogP contribution in [0.15, 0.2) is 36.5 Å². The Balaban J connectivity index is 1.87. The standard InChI is InChI=1S/C17H20N4O2/c1-4-13-9-17(21-16(20-13)7-8-19-21)18-11-12-5-6-14(22-2)10-15(12)23-3/h5-10,18H,4,11H2,1-3H3. The van der Waals surface area contributed by atoms with Crippen molar-refractivity contribution in [1.82, 2.24) is 14.6 Å². The van der Waals surface area contributed by atoms with Crippen LogP contribution in [-0.2, 0) is 13.0 Å². The van der Waals surface area contributed by atoms with Crippen molar-refractivity contribution in [3.63, 3.8) is 0 Å². The number of hydrogen-bond donors (Lipinski definition) is 1. The average molecular weight is 312 g/mol. The van der Waals surface area contributed by atoms with E-state index in [0.717, 1.165) is 40.6 Å². The van der Waals surface area contributed by atoms with E-state index in [1.165, 1.54) is 0 Å². The van der Waals surface area contributed by atoms with E-state index in [-0.39, 0.29) is 0 Å². The number of methoxy groups -OCH3 is 2. The van der Waals surface area contributed by atoms with Gasteiger partial charge in [0, 0.05) is 36.0 Å². The van der Waals surface area contributed by atoms with Crippen LogP contribution in [0.25, 0.3) is 5.65 Å². The highest BCUT2D eigenvalue weighted by Gasteiger charge is 2.08. The molecule has 3 rings (SSSR count). The number of aryl methyl sites for hydroxylation is 1. The van der Waals surface area contributed by atoms with Crippen LogP contribution in [0.5, 0.6) is 11.5 Å². The van der Waals surface area contributed by atoms with Gasteiger partial charge in [-0.25, -0.2) is 4.98 Å². The zero-order chi connectivity index (χ0) is 16.2. The van der Waals surface area contributed by atoms with Crippen LogP contribution in [0, 0.1) is 0 Å². The molecule has 0 saturated heterocycles. The van der Waals surface area contributed by atoms with E-state index in [1.54, 1.807) is 24.9 Å². The molecule has 0 fully saturated rings. The largest absolute Gasteiger partial charge is 0.497 e. The summed E-state index contributed by atoms with van der Waals surface area (Å²) in [5.41, 5.74) is 2.92. The summed E-state index contributed by atoms with van der Waals surface area (Å²) in [5.74, 6) is 2.48. The predicted molar refractivity (Wildman–Crippen MR) is 89.2 cm³/mol. The van der Waals surface area contributed by atoms with Crippen LogP contribution in [0.1, 0.15) is 18.2 Å². The SMILES string of the molecule is CCc1cc(NCc2ccc(OC)cc2OC)n2nccc2n1. The Labute approximate surface area is 135 Å². The molecule has 0 atom stereocenters. The molecule has 0 aliphatic rings. The van der Waals surface area contributed by atoms with Crippen LogP contribution in [0.3, 0.4) is 0 Å². The van der Waals surface area contributed by atoms with Gasteiger partial charge in [-0.1, -0.05) is 6.92 Å². The summed E-state index contributed by atoms with van der Waals surface area (Å²) >= 11 is 0. The third kappa shape index (κ3) is 3.06. The molecule has 6 nitrogen and oxygen atoms in total. The minimum Gasteiger partial charge on any atom is -0.497 e. The van der Waals surface area contributed by atoms with Gasteiger partial charge in [0.15, 0.2) is 5.65 Å². The third-order valence-electron chi connectivity index (χ3n) is 3.73. The van der Waals surface area contributed by atoms with Crippen LogP contribution in [0.2, 0.25) is 0 Å². The lowest BCUT2D eigenvalue weighted by atomic mass is 10.2. The normalized spacial score (nSPS) is 10.7. The fourth-order valence-electron chi connectivity index (χ4n) is 2.46. The number of nitrogens with one attached hydrogen (secondary N) is 1. The predicted octanol–water partition coefficient (Wildman–Crippen LogP) is 2.92. The van der Waals surface area contributed by atoms with Crippen molar-refractivity contribution in [2.45, 2.75) is 19.9 Å². The lowest BCUT2D eigenvalue weighted by Crippen LogP contribution is -2.08. The Morgan fingerprint density at radius 2 is 2.00 bits per heavy atom. The summed E-state index contributed by atoms with van der Waals surface area (Å²) in [6.45, 7) is 2.71. The summed E-state index contributed by atoms with van der Waals surface area (Å²) in [4.78, 5) is 4.54. The van der Waals surface area contributed by atoms with Crippen molar-refractivity contribution in [2.75, 3.05) is 19.5 Å². The van der Waals surface area contributed by atoms with Gasteiger partial charge in [-0.15, -0.1) is 0 Å². The van der Waals surface area contributed by atoms with E-state index >= 15 is 0 Å². The van der Waals surface area contributed by atoms with Crippen molar-refractivity contribution < 1.29 is 9.47 Å². The third-order valence-corrected chi connectivity index (χ3v) is 3.73. The molecule has 120 valence electrons. The van der Waals surface area contributed by atoms with Crippen molar-refractivity contribution in [2.24, 2.45) is 0 Å². The Bertz CT molecular complexity index is 813. The van der Waals surface area contributed by atoms with Crippen molar-refractivity contribution in [1.29, 1.82) is 0 Å². The molecule has 1 aromatic carbocycles. The van der Waals surface area contributed by atoms with Crippen LogP contribution in [-0.4, -0.2) is 28.8 Å². The highest BCUT2D eigenvalue weighted by atomic mass is 16.5. The molecule has 23 heavy (non-hydrogen) atoms. The number of rotatable bonds is 6. The zero-order valence-corrected chi connectivity index (χ0v) is 13.5. The average Bonchev–Trinajstić information content (AvgIpc) is 3.07. The number of fused-ring (bicyclic) bond motifs is 1. The molecule has 0 aliphatic carbocycles. The molecule has 0 saturated carbocycles. The van der Waals surface area contributed by atoms with E-state index in [4.69, 9.17) is 9.47 Å². The first kappa shape index (κ1) is 15.1. The maximum absolute atomic E-state index is 5.44. The first-order valence-electron chi connectivity index (χ1n) is 7.53. The summed E-state index contributed by atoms with van der Waals surface area (Å²) in [7, 11) is 3.30.